The van der Waals surface area contributed by atoms with Gasteiger partial charge in [0, 0.05) is 0 Å². The van der Waals surface area contributed by atoms with Crippen molar-refractivity contribution in [2.24, 2.45) is 0 Å². The summed E-state index contributed by atoms with van der Waals surface area (Å²) in [4.78, 5) is 10.8. The summed E-state index contributed by atoms with van der Waals surface area (Å²) in [6.45, 7) is 0.437. The molecule has 0 radical (unpaired) electrons. The third-order valence-corrected chi connectivity index (χ3v) is 2.62. The lowest BCUT2D eigenvalue weighted by Gasteiger charge is -2.08. The van der Waals surface area contributed by atoms with Crippen LogP contribution < -0.4 is 4.74 Å². The molecule has 0 unspecified atom stereocenters. The zero-order valence-corrected chi connectivity index (χ0v) is 9.72. The van der Waals surface area contributed by atoms with Crippen LogP contribution in [0.5, 0.6) is 5.75 Å². The highest BCUT2D eigenvalue weighted by Crippen LogP contribution is 2.20. The largest absolute Gasteiger partial charge is 0.493 e. The van der Waals surface area contributed by atoms with Gasteiger partial charge in [-0.3, -0.25) is 0 Å². The number of carboxylic acid groups (broad SMARTS) is 1. The number of carboxylic acids is 1. The first-order valence-electron chi connectivity index (χ1n) is 4.79. The zero-order chi connectivity index (χ0) is 12.0. The summed E-state index contributed by atoms with van der Waals surface area (Å²) >= 11 is 1.69. The van der Waals surface area contributed by atoms with E-state index < -0.39 is 11.8 Å². The number of halogens is 1. The first-order chi connectivity index (χ1) is 7.65. The summed E-state index contributed by atoms with van der Waals surface area (Å²) in [5.41, 5.74) is -0.135. The molecule has 0 bridgehead atoms. The van der Waals surface area contributed by atoms with E-state index in [1.54, 1.807) is 11.8 Å². The van der Waals surface area contributed by atoms with Gasteiger partial charge in [0.1, 0.15) is 17.1 Å². The first-order valence-corrected chi connectivity index (χ1v) is 6.19. The lowest BCUT2D eigenvalue weighted by atomic mass is 10.2. The van der Waals surface area contributed by atoms with Crippen molar-refractivity contribution in [1.82, 2.24) is 0 Å². The lowest BCUT2D eigenvalue weighted by molar-refractivity contribution is 0.0691. The van der Waals surface area contributed by atoms with Crippen molar-refractivity contribution in [3.63, 3.8) is 0 Å². The van der Waals surface area contributed by atoms with Crippen molar-refractivity contribution in [2.45, 2.75) is 6.42 Å². The number of thioether (sulfide) groups is 1. The molecule has 1 aromatic rings. The quantitative estimate of drug-likeness (QED) is 0.781. The van der Waals surface area contributed by atoms with E-state index in [0.29, 0.717) is 6.61 Å². The van der Waals surface area contributed by atoms with Crippen LogP contribution in [0.25, 0.3) is 0 Å². The number of hydrogen-bond donors (Lipinski definition) is 1. The molecular weight excluding hydrogens is 231 g/mol. The van der Waals surface area contributed by atoms with Crippen molar-refractivity contribution in [2.75, 3.05) is 18.6 Å². The van der Waals surface area contributed by atoms with Crippen molar-refractivity contribution in [3.8, 4) is 5.75 Å². The van der Waals surface area contributed by atoms with E-state index in [2.05, 4.69) is 0 Å². The molecule has 3 nitrogen and oxygen atoms in total. The van der Waals surface area contributed by atoms with E-state index in [0.717, 1.165) is 18.2 Å². The van der Waals surface area contributed by atoms with Crippen LogP contribution in [0.4, 0.5) is 4.39 Å². The van der Waals surface area contributed by atoms with Gasteiger partial charge in [-0.1, -0.05) is 0 Å². The molecule has 1 aromatic carbocycles. The standard InChI is InChI=1S/C11H13FO3S/c1-16-6-2-5-15-10-4-3-8(12)7-9(10)11(13)14/h3-4,7H,2,5-6H2,1H3,(H,13,14). The fourth-order valence-electron chi connectivity index (χ4n) is 1.18. The molecule has 0 atom stereocenters. The summed E-state index contributed by atoms with van der Waals surface area (Å²) in [6, 6.07) is 3.50. The maximum absolute atomic E-state index is 12.8. The van der Waals surface area contributed by atoms with Crippen molar-refractivity contribution >= 4 is 17.7 Å². The van der Waals surface area contributed by atoms with Crippen molar-refractivity contribution in [3.05, 3.63) is 29.6 Å². The van der Waals surface area contributed by atoms with Crippen LogP contribution in [0.15, 0.2) is 18.2 Å². The van der Waals surface area contributed by atoms with Gasteiger partial charge >= 0.3 is 5.97 Å². The van der Waals surface area contributed by atoms with Crippen molar-refractivity contribution < 1.29 is 19.0 Å². The summed E-state index contributed by atoms with van der Waals surface area (Å²) in [7, 11) is 0. The molecule has 0 amide bonds. The smallest absolute Gasteiger partial charge is 0.339 e. The van der Waals surface area contributed by atoms with E-state index in [1.807, 2.05) is 6.26 Å². The van der Waals surface area contributed by atoms with E-state index in [1.165, 1.54) is 12.1 Å². The summed E-state index contributed by atoms with van der Waals surface area (Å²) in [5.74, 6) is -0.591. The molecular formula is C11H13FO3S. The van der Waals surface area contributed by atoms with Crippen LogP contribution in [0.2, 0.25) is 0 Å². The maximum Gasteiger partial charge on any atom is 0.339 e. The molecule has 0 spiro atoms. The molecule has 0 heterocycles. The normalized spacial score (nSPS) is 10.1. The molecule has 1 rings (SSSR count). The second kappa shape index (κ2) is 6.37. The number of carbonyl (C=O) groups is 1. The fraction of sp³-hybridized carbons (Fsp3) is 0.364. The second-order valence-electron chi connectivity index (χ2n) is 3.14. The van der Waals surface area contributed by atoms with E-state index >= 15 is 0 Å². The van der Waals surface area contributed by atoms with Crippen LogP contribution in [0.1, 0.15) is 16.8 Å². The van der Waals surface area contributed by atoms with Crippen LogP contribution in [-0.2, 0) is 0 Å². The Morgan fingerprint density at radius 3 is 2.94 bits per heavy atom. The Kier molecular flexibility index (Phi) is 5.11. The molecule has 0 saturated heterocycles. The zero-order valence-electron chi connectivity index (χ0n) is 8.90. The highest BCUT2D eigenvalue weighted by atomic mass is 32.2. The molecule has 0 aliphatic rings. The fourth-order valence-corrected chi connectivity index (χ4v) is 1.59. The Morgan fingerprint density at radius 2 is 2.31 bits per heavy atom. The Hall–Kier alpha value is -1.23. The molecule has 0 aliphatic heterocycles. The lowest BCUT2D eigenvalue weighted by Crippen LogP contribution is -2.05. The first kappa shape index (κ1) is 12.8. The molecule has 0 aromatic heterocycles. The van der Waals surface area contributed by atoms with Crippen LogP contribution in [-0.4, -0.2) is 29.7 Å². The predicted octanol–water partition coefficient (Wildman–Crippen LogP) is 2.66. The van der Waals surface area contributed by atoms with Gasteiger partial charge in [-0.2, -0.15) is 11.8 Å². The molecule has 0 fully saturated rings. The number of ether oxygens (including phenoxy) is 1. The highest BCUT2D eigenvalue weighted by Gasteiger charge is 2.12. The number of aromatic carboxylic acids is 1. The van der Waals surface area contributed by atoms with Crippen LogP contribution in [0.3, 0.4) is 0 Å². The van der Waals surface area contributed by atoms with Crippen LogP contribution in [0, 0.1) is 5.82 Å². The summed E-state index contributed by atoms with van der Waals surface area (Å²) in [5, 5.41) is 8.84. The minimum Gasteiger partial charge on any atom is -0.493 e. The number of rotatable bonds is 6. The van der Waals surface area contributed by atoms with Gasteiger partial charge in [-0.05, 0) is 36.6 Å². The van der Waals surface area contributed by atoms with Crippen molar-refractivity contribution in [1.29, 1.82) is 0 Å². The monoisotopic (exact) mass is 244 g/mol. The van der Waals surface area contributed by atoms with Gasteiger partial charge in [-0.15, -0.1) is 0 Å². The average Bonchev–Trinajstić information content (AvgIpc) is 2.26. The Morgan fingerprint density at radius 1 is 1.56 bits per heavy atom. The summed E-state index contributed by atoms with van der Waals surface area (Å²) < 4.78 is 18.1. The molecule has 88 valence electrons. The summed E-state index contributed by atoms with van der Waals surface area (Å²) in [6.07, 6.45) is 2.82. The van der Waals surface area contributed by atoms with E-state index in [9.17, 15) is 9.18 Å². The third kappa shape index (κ3) is 3.73. The Labute approximate surface area is 97.6 Å². The minimum atomic E-state index is -1.18. The number of hydrogen-bond acceptors (Lipinski definition) is 3. The Bertz CT molecular complexity index is 368. The van der Waals surface area contributed by atoms with Gasteiger partial charge in [-0.25, -0.2) is 9.18 Å². The Balaban J connectivity index is 2.67. The topological polar surface area (TPSA) is 46.5 Å². The van der Waals surface area contributed by atoms with Gasteiger partial charge in [0.05, 0.1) is 6.61 Å². The molecule has 5 heteroatoms. The van der Waals surface area contributed by atoms with Gasteiger partial charge in [0.25, 0.3) is 0 Å². The third-order valence-electron chi connectivity index (χ3n) is 1.92. The number of benzene rings is 1. The SMILES string of the molecule is CSCCCOc1ccc(F)cc1C(=O)O. The second-order valence-corrected chi connectivity index (χ2v) is 4.13. The maximum atomic E-state index is 12.8. The van der Waals surface area contributed by atoms with Gasteiger partial charge < -0.3 is 9.84 Å². The van der Waals surface area contributed by atoms with Gasteiger partial charge in [0.15, 0.2) is 0 Å². The van der Waals surface area contributed by atoms with Gasteiger partial charge in [0.2, 0.25) is 0 Å². The average molecular weight is 244 g/mol. The minimum absolute atomic E-state index is 0.135. The molecule has 16 heavy (non-hydrogen) atoms. The molecule has 0 saturated carbocycles. The predicted molar refractivity (Wildman–Crippen MR) is 61.9 cm³/mol. The molecule has 0 aliphatic carbocycles. The van der Waals surface area contributed by atoms with E-state index in [-0.39, 0.29) is 11.3 Å². The van der Waals surface area contributed by atoms with Crippen LogP contribution >= 0.6 is 11.8 Å². The molecule has 1 N–H and O–H groups in total. The van der Waals surface area contributed by atoms with E-state index in [4.69, 9.17) is 9.84 Å². The highest BCUT2D eigenvalue weighted by molar-refractivity contribution is 7.98.